The summed E-state index contributed by atoms with van der Waals surface area (Å²) < 4.78 is 4.97. The molecule has 5 heteroatoms. The summed E-state index contributed by atoms with van der Waals surface area (Å²) in [4.78, 5) is 23.9. The van der Waals surface area contributed by atoms with E-state index in [9.17, 15) is 14.7 Å². The Hall–Kier alpha value is -2.82. The van der Waals surface area contributed by atoms with Crippen LogP contribution in [0.4, 0.5) is 5.69 Å². The van der Waals surface area contributed by atoms with Gasteiger partial charge in [0.1, 0.15) is 11.3 Å². The largest absolute Gasteiger partial charge is 0.507 e. The van der Waals surface area contributed by atoms with Crippen molar-refractivity contribution in [3.63, 3.8) is 0 Å². The van der Waals surface area contributed by atoms with Crippen molar-refractivity contribution in [1.82, 2.24) is 0 Å². The molecule has 5 nitrogen and oxygen atoms in total. The van der Waals surface area contributed by atoms with Crippen molar-refractivity contribution < 1.29 is 19.4 Å². The zero-order valence-electron chi connectivity index (χ0n) is 13.3. The first-order valence-corrected chi connectivity index (χ1v) is 7.21. The van der Waals surface area contributed by atoms with Crippen LogP contribution in [0.2, 0.25) is 0 Å². The highest BCUT2D eigenvalue weighted by Crippen LogP contribution is 2.20. The van der Waals surface area contributed by atoms with Crippen LogP contribution in [0.1, 0.15) is 27.0 Å². The average Bonchev–Trinajstić information content (AvgIpc) is 2.51. The number of phenolic OH excluding ortho intramolecular Hbond substituents is 1. The van der Waals surface area contributed by atoms with E-state index in [4.69, 9.17) is 4.74 Å². The quantitative estimate of drug-likeness (QED) is 0.850. The second-order valence-corrected chi connectivity index (χ2v) is 5.41. The second kappa shape index (κ2) is 6.96. The van der Waals surface area contributed by atoms with Crippen LogP contribution in [0.5, 0.6) is 5.75 Å². The summed E-state index contributed by atoms with van der Waals surface area (Å²) >= 11 is 0. The van der Waals surface area contributed by atoms with Gasteiger partial charge < -0.3 is 15.2 Å². The third kappa shape index (κ3) is 4.10. The fourth-order valence-corrected chi connectivity index (χ4v) is 2.21. The van der Waals surface area contributed by atoms with E-state index >= 15 is 0 Å². The number of benzene rings is 2. The van der Waals surface area contributed by atoms with E-state index in [1.807, 2.05) is 32.0 Å². The van der Waals surface area contributed by atoms with E-state index < -0.39 is 18.5 Å². The predicted octanol–water partition coefficient (Wildman–Crippen LogP) is 3.11. The molecule has 2 aromatic carbocycles. The van der Waals surface area contributed by atoms with Crippen molar-refractivity contribution in [2.24, 2.45) is 0 Å². The van der Waals surface area contributed by atoms with E-state index in [0.717, 1.165) is 16.7 Å². The number of aryl methyl sites for hydroxylation is 3. The molecule has 0 aromatic heterocycles. The number of esters is 1. The summed E-state index contributed by atoms with van der Waals surface area (Å²) in [5, 5.41) is 12.4. The number of hydrogen-bond acceptors (Lipinski definition) is 4. The van der Waals surface area contributed by atoms with Crippen molar-refractivity contribution in [3.8, 4) is 5.75 Å². The molecular formula is C18H19NO4. The van der Waals surface area contributed by atoms with Gasteiger partial charge >= 0.3 is 5.97 Å². The first-order chi connectivity index (χ1) is 10.9. The Labute approximate surface area is 134 Å². The maximum Gasteiger partial charge on any atom is 0.342 e. The van der Waals surface area contributed by atoms with Crippen LogP contribution in [0.3, 0.4) is 0 Å². The molecule has 0 atom stereocenters. The number of rotatable bonds is 4. The first-order valence-electron chi connectivity index (χ1n) is 7.21. The van der Waals surface area contributed by atoms with Gasteiger partial charge in [0.05, 0.1) is 0 Å². The minimum absolute atomic E-state index is 0.0462. The molecule has 0 spiro atoms. The molecule has 0 aliphatic rings. The summed E-state index contributed by atoms with van der Waals surface area (Å²) in [5.74, 6) is -1.33. The Morgan fingerprint density at radius 1 is 1.09 bits per heavy atom. The van der Waals surface area contributed by atoms with Crippen molar-refractivity contribution >= 4 is 17.6 Å². The van der Waals surface area contributed by atoms with Crippen LogP contribution in [-0.2, 0) is 9.53 Å². The molecule has 2 N–H and O–H groups in total. The zero-order valence-corrected chi connectivity index (χ0v) is 13.3. The summed E-state index contributed by atoms with van der Waals surface area (Å²) in [5.41, 5.74) is 3.44. The topological polar surface area (TPSA) is 75.6 Å². The summed E-state index contributed by atoms with van der Waals surface area (Å²) in [6, 6.07) is 10.3. The van der Waals surface area contributed by atoms with Crippen LogP contribution in [-0.4, -0.2) is 23.6 Å². The molecule has 0 heterocycles. The van der Waals surface area contributed by atoms with Crippen LogP contribution >= 0.6 is 0 Å². The van der Waals surface area contributed by atoms with Gasteiger partial charge in [-0.15, -0.1) is 0 Å². The highest BCUT2D eigenvalue weighted by atomic mass is 16.5. The van der Waals surface area contributed by atoms with Crippen LogP contribution < -0.4 is 5.32 Å². The molecule has 0 radical (unpaired) electrons. The molecule has 0 saturated heterocycles. The van der Waals surface area contributed by atoms with Gasteiger partial charge in [0, 0.05) is 5.69 Å². The number of ether oxygens (including phenoxy) is 1. The highest BCUT2D eigenvalue weighted by Gasteiger charge is 2.15. The third-order valence-electron chi connectivity index (χ3n) is 3.45. The number of hydrogen-bond donors (Lipinski definition) is 2. The van der Waals surface area contributed by atoms with Gasteiger partial charge in [-0.05, 0) is 44.0 Å². The van der Waals surface area contributed by atoms with Gasteiger partial charge in [-0.2, -0.15) is 0 Å². The number of carbonyl (C=O) groups excluding carboxylic acids is 2. The van der Waals surface area contributed by atoms with Crippen LogP contribution in [0, 0.1) is 20.8 Å². The molecule has 1 amide bonds. The standard InChI is InChI=1S/C18H19NO4/c1-11-7-8-15(20)14(9-11)18(22)23-10-16(21)19-17-12(2)5-4-6-13(17)3/h4-9,20H,10H2,1-3H3,(H,19,21). The molecule has 0 bridgehead atoms. The number of nitrogens with one attached hydrogen (secondary N) is 1. The lowest BCUT2D eigenvalue weighted by Crippen LogP contribution is -2.22. The Balaban J connectivity index is 1.99. The number of anilines is 1. The molecule has 0 fully saturated rings. The van der Waals surface area contributed by atoms with Gasteiger partial charge in [-0.1, -0.05) is 29.8 Å². The Morgan fingerprint density at radius 2 is 1.74 bits per heavy atom. The first kappa shape index (κ1) is 16.5. The smallest absolute Gasteiger partial charge is 0.342 e. The van der Waals surface area contributed by atoms with Gasteiger partial charge in [0.25, 0.3) is 5.91 Å². The van der Waals surface area contributed by atoms with Crippen molar-refractivity contribution in [1.29, 1.82) is 0 Å². The fraction of sp³-hybridized carbons (Fsp3) is 0.222. The van der Waals surface area contributed by atoms with Gasteiger partial charge in [0.15, 0.2) is 6.61 Å². The van der Waals surface area contributed by atoms with E-state index in [-0.39, 0.29) is 11.3 Å². The summed E-state index contributed by atoms with van der Waals surface area (Å²) in [6.07, 6.45) is 0. The molecule has 23 heavy (non-hydrogen) atoms. The van der Waals surface area contributed by atoms with Gasteiger partial charge in [0.2, 0.25) is 0 Å². The van der Waals surface area contributed by atoms with Crippen molar-refractivity contribution in [3.05, 3.63) is 58.7 Å². The number of amides is 1. The SMILES string of the molecule is Cc1ccc(O)c(C(=O)OCC(=O)Nc2c(C)cccc2C)c1. The number of phenols is 1. The lowest BCUT2D eigenvalue weighted by atomic mass is 10.1. The van der Waals surface area contributed by atoms with E-state index in [2.05, 4.69) is 5.32 Å². The zero-order chi connectivity index (χ0) is 17.0. The molecule has 0 saturated carbocycles. The Morgan fingerprint density at radius 3 is 2.39 bits per heavy atom. The normalized spacial score (nSPS) is 10.2. The molecule has 0 aliphatic heterocycles. The minimum atomic E-state index is -0.733. The predicted molar refractivity (Wildman–Crippen MR) is 87.7 cm³/mol. The van der Waals surface area contributed by atoms with Crippen LogP contribution in [0.25, 0.3) is 0 Å². The van der Waals surface area contributed by atoms with Gasteiger partial charge in [-0.3, -0.25) is 4.79 Å². The molecular weight excluding hydrogens is 294 g/mol. The van der Waals surface area contributed by atoms with E-state index in [1.54, 1.807) is 13.0 Å². The molecule has 2 aromatic rings. The third-order valence-corrected chi connectivity index (χ3v) is 3.45. The fourth-order valence-electron chi connectivity index (χ4n) is 2.21. The second-order valence-electron chi connectivity index (χ2n) is 5.41. The molecule has 120 valence electrons. The summed E-state index contributed by atoms with van der Waals surface area (Å²) in [6.45, 7) is 5.16. The monoisotopic (exact) mass is 313 g/mol. The molecule has 0 unspecified atom stereocenters. The Kier molecular flexibility index (Phi) is 5.01. The number of aromatic hydroxyl groups is 1. The van der Waals surface area contributed by atoms with E-state index in [0.29, 0.717) is 5.69 Å². The lowest BCUT2D eigenvalue weighted by molar-refractivity contribution is -0.119. The maximum atomic E-state index is 12.0. The minimum Gasteiger partial charge on any atom is -0.507 e. The van der Waals surface area contributed by atoms with Crippen LogP contribution in [0.15, 0.2) is 36.4 Å². The average molecular weight is 313 g/mol. The van der Waals surface area contributed by atoms with Crippen molar-refractivity contribution in [2.45, 2.75) is 20.8 Å². The molecule has 2 rings (SSSR count). The number of para-hydroxylation sites is 1. The van der Waals surface area contributed by atoms with Crippen molar-refractivity contribution in [2.75, 3.05) is 11.9 Å². The number of carbonyl (C=O) groups is 2. The Bertz CT molecular complexity index is 732. The highest BCUT2D eigenvalue weighted by molar-refractivity contribution is 5.97. The van der Waals surface area contributed by atoms with E-state index in [1.165, 1.54) is 12.1 Å². The molecule has 0 aliphatic carbocycles. The lowest BCUT2D eigenvalue weighted by Gasteiger charge is -2.12. The van der Waals surface area contributed by atoms with Gasteiger partial charge in [-0.25, -0.2) is 4.79 Å². The maximum absolute atomic E-state index is 12.0. The summed E-state index contributed by atoms with van der Waals surface area (Å²) in [7, 11) is 0.